The first-order valence-electron chi connectivity index (χ1n) is 12.1. The second-order valence-corrected chi connectivity index (χ2v) is 9.32. The molecule has 1 amide bonds. The molecule has 2 heterocycles. The average Bonchev–Trinajstić information content (AvgIpc) is 2.88. The number of benzene rings is 2. The molecule has 2 aliphatic rings. The fourth-order valence-corrected chi connectivity index (χ4v) is 4.92. The van der Waals surface area contributed by atoms with Crippen LogP contribution in [0.4, 0.5) is 4.79 Å². The van der Waals surface area contributed by atoms with Crippen LogP contribution in [-0.2, 0) is 32.2 Å². The van der Waals surface area contributed by atoms with Crippen molar-refractivity contribution in [2.24, 2.45) is 11.8 Å². The predicted octanol–water partition coefficient (Wildman–Crippen LogP) is 4.18. The highest BCUT2D eigenvalue weighted by molar-refractivity contribution is 5.90. The summed E-state index contributed by atoms with van der Waals surface area (Å²) in [4.78, 5) is 40.8. The van der Waals surface area contributed by atoms with Gasteiger partial charge in [-0.25, -0.2) is 4.79 Å². The van der Waals surface area contributed by atoms with E-state index in [2.05, 4.69) is 17.0 Å². The van der Waals surface area contributed by atoms with Crippen LogP contribution < -0.4 is 0 Å². The monoisotopic (exact) mass is 476 g/mol. The fraction of sp³-hybridized carbons (Fsp3) is 0.393. The Bertz CT molecular complexity index is 1040. The lowest BCUT2D eigenvalue weighted by Gasteiger charge is -2.44. The van der Waals surface area contributed by atoms with E-state index in [0.717, 1.165) is 17.5 Å². The van der Waals surface area contributed by atoms with E-state index in [-0.39, 0.29) is 42.8 Å². The summed E-state index contributed by atoms with van der Waals surface area (Å²) in [5.74, 6) is -0.251. The van der Waals surface area contributed by atoms with Gasteiger partial charge in [-0.1, -0.05) is 60.7 Å². The summed E-state index contributed by atoms with van der Waals surface area (Å²) in [6.07, 6.45) is 4.26. The second-order valence-electron chi connectivity index (χ2n) is 9.32. The Kier molecular flexibility index (Phi) is 8.19. The first-order valence-corrected chi connectivity index (χ1v) is 12.1. The number of carbonyl (C=O) groups is 3. The molecule has 0 spiro atoms. The Morgan fingerprint density at radius 1 is 0.943 bits per heavy atom. The minimum atomic E-state index is -0.390. The van der Waals surface area contributed by atoms with Crippen molar-refractivity contribution in [2.45, 2.75) is 39.0 Å². The number of likely N-dealkylation sites (tertiary alicyclic amines) is 1. The molecule has 0 radical (unpaired) electrons. The maximum absolute atomic E-state index is 13.0. The number of ketones is 1. The number of carbonyl (C=O) groups excluding carboxylic acids is 3. The molecule has 184 valence electrons. The number of esters is 1. The highest BCUT2D eigenvalue weighted by Gasteiger charge is 2.38. The minimum absolute atomic E-state index is 0.0264. The van der Waals surface area contributed by atoms with Crippen LogP contribution in [0, 0.1) is 11.8 Å². The van der Waals surface area contributed by atoms with E-state index in [4.69, 9.17) is 9.47 Å². The number of nitrogens with zero attached hydrogens (tertiary/aromatic N) is 2. The highest BCUT2D eigenvalue weighted by Crippen LogP contribution is 2.32. The van der Waals surface area contributed by atoms with E-state index >= 15 is 0 Å². The Labute approximate surface area is 206 Å². The summed E-state index contributed by atoms with van der Waals surface area (Å²) >= 11 is 0. The van der Waals surface area contributed by atoms with Gasteiger partial charge in [0.2, 0.25) is 0 Å². The van der Waals surface area contributed by atoms with Crippen molar-refractivity contribution in [1.29, 1.82) is 0 Å². The summed E-state index contributed by atoms with van der Waals surface area (Å²) in [6.45, 7) is 3.44. The van der Waals surface area contributed by atoms with Crippen molar-refractivity contribution in [3.63, 3.8) is 0 Å². The topological polar surface area (TPSA) is 76.2 Å². The van der Waals surface area contributed by atoms with Crippen LogP contribution in [0.25, 0.3) is 0 Å². The van der Waals surface area contributed by atoms with E-state index in [0.29, 0.717) is 26.1 Å². The zero-order chi connectivity index (χ0) is 24.6. The molecular formula is C28H32N2O5. The van der Waals surface area contributed by atoms with Crippen LogP contribution >= 0.6 is 0 Å². The highest BCUT2D eigenvalue weighted by atomic mass is 16.6. The Hall–Kier alpha value is -3.61. The number of rotatable bonds is 7. The fourth-order valence-electron chi connectivity index (χ4n) is 4.92. The third-order valence-corrected chi connectivity index (χ3v) is 6.60. The first kappa shape index (κ1) is 24.5. The molecule has 7 nitrogen and oxygen atoms in total. The van der Waals surface area contributed by atoms with Gasteiger partial charge >= 0.3 is 12.1 Å². The van der Waals surface area contributed by atoms with Gasteiger partial charge in [-0.15, -0.1) is 0 Å². The molecule has 0 bridgehead atoms. The van der Waals surface area contributed by atoms with Gasteiger partial charge in [0.1, 0.15) is 6.61 Å². The molecule has 35 heavy (non-hydrogen) atoms. The van der Waals surface area contributed by atoms with Crippen LogP contribution in [0.3, 0.4) is 0 Å². The third-order valence-electron chi connectivity index (χ3n) is 6.60. The SMILES string of the molecule is CC(=O)OC[C@@H]1C[C@H]([C@H]2CC(=O)C=CN2Cc2ccccc2)CN(C(=O)OCc2ccccc2)C1. The van der Waals surface area contributed by atoms with Crippen molar-refractivity contribution in [2.75, 3.05) is 19.7 Å². The van der Waals surface area contributed by atoms with Gasteiger partial charge in [-0.2, -0.15) is 0 Å². The second kappa shape index (κ2) is 11.7. The molecule has 1 saturated heterocycles. The normalized spacial score (nSPS) is 22.1. The summed E-state index contributed by atoms with van der Waals surface area (Å²) in [5, 5.41) is 0. The van der Waals surface area contributed by atoms with Gasteiger partial charge in [0, 0.05) is 51.1 Å². The maximum atomic E-state index is 13.0. The smallest absolute Gasteiger partial charge is 0.410 e. The van der Waals surface area contributed by atoms with Gasteiger partial charge < -0.3 is 19.3 Å². The lowest BCUT2D eigenvalue weighted by Crippen LogP contribution is -2.52. The van der Waals surface area contributed by atoms with E-state index in [1.807, 2.05) is 54.7 Å². The van der Waals surface area contributed by atoms with E-state index in [1.54, 1.807) is 11.0 Å². The molecule has 0 aliphatic carbocycles. The van der Waals surface area contributed by atoms with Crippen LogP contribution in [0.15, 0.2) is 72.9 Å². The zero-order valence-electron chi connectivity index (χ0n) is 20.0. The lowest BCUT2D eigenvalue weighted by molar-refractivity contribution is -0.143. The standard InChI is InChI=1S/C28H32N2O5/c1-21(31)34-20-24-14-25(18-30(17-24)28(33)35-19-23-10-6-3-7-11-23)27-15-26(32)12-13-29(27)16-22-8-4-2-5-9-22/h2-13,24-25,27H,14-20H2,1H3/t24-,25+,27-/m1/s1. The summed E-state index contributed by atoms with van der Waals surface area (Å²) in [5.41, 5.74) is 2.07. The largest absolute Gasteiger partial charge is 0.466 e. The van der Waals surface area contributed by atoms with Crippen molar-refractivity contribution >= 4 is 17.8 Å². The molecule has 0 aromatic heterocycles. The Morgan fingerprint density at radius 2 is 1.63 bits per heavy atom. The molecule has 3 atom stereocenters. The number of hydrogen-bond acceptors (Lipinski definition) is 6. The molecule has 2 aromatic rings. The molecule has 7 heteroatoms. The van der Waals surface area contributed by atoms with Gasteiger partial charge in [0.05, 0.1) is 6.61 Å². The van der Waals surface area contributed by atoms with Crippen LogP contribution in [-0.4, -0.2) is 53.4 Å². The number of hydrogen-bond donors (Lipinski definition) is 0. The van der Waals surface area contributed by atoms with E-state index in [9.17, 15) is 14.4 Å². The van der Waals surface area contributed by atoms with Gasteiger partial charge in [-0.05, 0) is 29.5 Å². The number of ether oxygens (including phenoxy) is 2. The molecular weight excluding hydrogens is 444 g/mol. The van der Waals surface area contributed by atoms with E-state index < -0.39 is 6.09 Å². The quantitative estimate of drug-likeness (QED) is 0.558. The number of amides is 1. The Balaban J connectivity index is 1.49. The van der Waals surface area contributed by atoms with Gasteiger partial charge in [0.25, 0.3) is 0 Å². The molecule has 4 rings (SSSR count). The maximum Gasteiger partial charge on any atom is 0.410 e. The third kappa shape index (κ3) is 6.94. The van der Waals surface area contributed by atoms with Gasteiger partial charge in [-0.3, -0.25) is 9.59 Å². The van der Waals surface area contributed by atoms with Crippen molar-refractivity contribution in [1.82, 2.24) is 9.80 Å². The molecule has 2 aliphatic heterocycles. The molecule has 1 fully saturated rings. The van der Waals surface area contributed by atoms with Crippen molar-refractivity contribution in [3.05, 3.63) is 84.1 Å². The van der Waals surface area contributed by atoms with Crippen LogP contribution in [0.2, 0.25) is 0 Å². The summed E-state index contributed by atoms with van der Waals surface area (Å²) in [7, 11) is 0. The van der Waals surface area contributed by atoms with Crippen LogP contribution in [0.1, 0.15) is 30.9 Å². The van der Waals surface area contributed by atoms with E-state index in [1.165, 1.54) is 6.92 Å². The predicted molar refractivity (Wildman–Crippen MR) is 131 cm³/mol. The average molecular weight is 477 g/mol. The van der Waals surface area contributed by atoms with Crippen molar-refractivity contribution in [3.8, 4) is 0 Å². The first-order chi connectivity index (χ1) is 17.0. The summed E-state index contributed by atoms with van der Waals surface area (Å²) in [6, 6.07) is 19.6. The molecule has 2 aromatic carbocycles. The number of allylic oxidation sites excluding steroid dienone is 1. The molecule has 0 saturated carbocycles. The number of piperidine rings is 1. The Morgan fingerprint density at radius 3 is 2.31 bits per heavy atom. The minimum Gasteiger partial charge on any atom is -0.466 e. The lowest BCUT2D eigenvalue weighted by atomic mass is 9.81. The van der Waals surface area contributed by atoms with Gasteiger partial charge in [0.15, 0.2) is 5.78 Å². The summed E-state index contributed by atoms with van der Waals surface area (Å²) < 4.78 is 10.9. The molecule has 0 unspecified atom stereocenters. The zero-order valence-corrected chi connectivity index (χ0v) is 20.0. The van der Waals surface area contributed by atoms with Crippen molar-refractivity contribution < 1.29 is 23.9 Å². The molecule has 0 N–H and O–H groups in total. The van der Waals surface area contributed by atoms with Crippen LogP contribution in [0.5, 0.6) is 0 Å².